The fourth-order valence-electron chi connectivity index (χ4n) is 1.84. The Bertz CT molecular complexity index is 647. The molecule has 4 heteroatoms. The first-order valence-electron chi connectivity index (χ1n) is 6.18. The van der Waals surface area contributed by atoms with Crippen molar-refractivity contribution in [3.05, 3.63) is 53.1 Å². The van der Waals surface area contributed by atoms with Crippen molar-refractivity contribution in [1.29, 1.82) is 0 Å². The van der Waals surface area contributed by atoms with Crippen LogP contribution in [0.3, 0.4) is 0 Å². The predicted molar refractivity (Wildman–Crippen MR) is 75.9 cm³/mol. The fourth-order valence-corrected chi connectivity index (χ4v) is 1.84. The summed E-state index contributed by atoms with van der Waals surface area (Å²) in [5, 5.41) is 9.21. The van der Waals surface area contributed by atoms with Gasteiger partial charge in [0.2, 0.25) is 0 Å². The van der Waals surface area contributed by atoms with Gasteiger partial charge >= 0.3 is 5.97 Å². The number of carboxylic acid groups (broad SMARTS) is 1. The molecule has 0 unspecified atom stereocenters. The predicted octanol–water partition coefficient (Wildman–Crippen LogP) is 3.80. The Labute approximate surface area is 117 Å². The van der Waals surface area contributed by atoms with Crippen LogP contribution in [0.5, 0.6) is 17.2 Å². The van der Waals surface area contributed by atoms with E-state index in [1.807, 2.05) is 32.0 Å². The maximum atomic E-state index is 11.2. The second-order valence-electron chi connectivity index (χ2n) is 4.47. The van der Waals surface area contributed by atoms with Crippen LogP contribution in [0.25, 0.3) is 0 Å². The second-order valence-corrected chi connectivity index (χ2v) is 4.47. The Morgan fingerprint density at radius 1 is 1.10 bits per heavy atom. The molecule has 0 radical (unpaired) electrons. The minimum Gasteiger partial charge on any atom is -0.497 e. The third kappa shape index (κ3) is 2.74. The van der Waals surface area contributed by atoms with Gasteiger partial charge in [-0.2, -0.15) is 0 Å². The number of methoxy groups -OCH3 is 1. The van der Waals surface area contributed by atoms with Gasteiger partial charge in [0.05, 0.1) is 7.11 Å². The van der Waals surface area contributed by atoms with Crippen molar-refractivity contribution in [2.75, 3.05) is 7.11 Å². The van der Waals surface area contributed by atoms with Crippen LogP contribution in [0.2, 0.25) is 0 Å². The average Bonchev–Trinajstić information content (AvgIpc) is 2.43. The van der Waals surface area contributed by atoms with Crippen LogP contribution in [0.1, 0.15) is 21.5 Å². The highest BCUT2D eigenvalue weighted by Gasteiger charge is 2.14. The van der Waals surface area contributed by atoms with Crippen LogP contribution in [0, 0.1) is 13.8 Å². The Kier molecular flexibility index (Phi) is 3.94. The molecular weight excluding hydrogens is 256 g/mol. The van der Waals surface area contributed by atoms with E-state index in [1.54, 1.807) is 12.1 Å². The molecule has 104 valence electrons. The lowest BCUT2D eigenvalue weighted by atomic mass is 10.1. The molecule has 0 aliphatic heterocycles. The molecule has 0 aliphatic carbocycles. The Balaban J connectivity index is 2.46. The molecule has 0 fully saturated rings. The number of carbonyl (C=O) groups is 1. The summed E-state index contributed by atoms with van der Waals surface area (Å²) in [5.41, 5.74) is 2.17. The van der Waals surface area contributed by atoms with Crippen molar-refractivity contribution in [1.82, 2.24) is 0 Å². The number of aromatic carboxylic acids is 1. The van der Waals surface area contributed by atoms with Crippen molar-refractivity contribution in [2.24, 2.45) is 0 Å². The van der Waals surface area contributed by atoms with Crippen molar-refractivity contribution in [3.8, 4) is 17.2 Å². The van der Waals surface area contributed by atoms with Crippen LogP contribution >= 0.6 is 0 Å². The van der Waals surface area contributed by atoms with E-state index in [2.05, 4.69) is 0 Å². The van der Waals surface area contributed by atoms with E-state index in [4.69, 9.17) is 9.47 Å². The molecule has 0 bridgehead atoms. The fraction of sp³-hybridized carbons (Fsp3) is 0.188. The van der Waals surface area contributed by atoms with Gasteiger partial charge < -0.3 is 14.6 Å². The lowest BCUT2D eigenvalue weighted by Crippen LogP contribution is -2.01. The second kappa shape index (κ2) is 5.65. The molecule has 0 saturated carbocycles. The van der Waals surface area contributed by atoms with Gasteiger partial charge in [0.25, 0.3) is 0 Å². The molecule has 2 aromatic rings. The van der Waals surface area contributed by atoms with Crippen LogP contribution in [-0.2, 0) is 0 Å². The molecule has 0 saturated heterocycles. The molecular formula is C16H16O4. The summed E-state index contributed by atoms with van der Waals surface area (Å²) in [5.74, 6) is 0.426. The van der Waals surface area contributed by atoms with Crippen LogP contribution < -0.4 is 9.47 Å². The van der Waals surface area contributed by atoms with E-state index in [1.165, 1.54) is 13.2 Å². The number of carboxylic acids is 1. The molecule has 20 heavy (non-hydrogen) atoms. The van der Waals surface area contributed by atoms with Crippen molar-refractivity contribution in [2.45, 2.75) is 13.8 Å². The van der Waals surface area contributed by atoms with Gasteiger partial charge in [-0.15, -0.1) is 0 Å². The molecule has 0 aromatic heterocycles. The van der Waals surface area contributed by atoms with Gasteiger partial charge in [0.15, 0.2) is 0 Å². The van der Waals surface area contributed by atoms with E-state index in [9.17, 15) is 9.90 Å². The molecule has 4 nitrogen and oxygen atoms in total. The Hall–Kier alpha value is -2.49. The standard InChI is InChI=1S/C16H16O4/c1-10-5-4-6-14(11(10)2)20-15-9-12(19-3)7-8-13(15)16(17)18/h4-9H,1-3H3,(H,17,18). The number of rotatable bonds is 4. The quantitative estimate of drug-likeness (QED) is 0.919. The van der Waals surface area contributed by atoms with Gasteiger partial charge in [-0.1, -0.05) is 12.1 Å². The summed E-state index contributed by atoms with van der Waals surface area (Å²) in [4.78, 5) is 11.2. The summed E-state index contributed by atoms with van der Waals surface area (Å²) in [6.45, 7) is 3.91. The lowest BCUT2D eigenvalue weighted by molar-refractivity contribution is 0.0694. The molecule has 0 spiro atoms. The van der Waals surface area contributed by atoms with E-state index < -0.39 is 5.97 Å². The molecule has 0 aliphatic rings. The molecule has 0 amide bonds. The SMILES string of the molecule is COc1ccc(C(=O)O)c(Oc2cccc(C)c2C)c1. The molecule has 0 atom stereocenters. The van der Waals surface area contributed by atoms with Crippen LogP contribution in [-0.4, -0.2) is 18.2 Å². The Morgan fingerprint density at radius 2 is 1.85 bits per heavy atom. The third-order valence-corrected chi connectivity index (χ3v) is 3.19. The van der Waals surface area contributed by atoms with E-state index >= 15 is 0 Å². The number of hydrogen-bond donors (Lipinski definition) is 1. The summed E-state index contributed by atoms with van der Waals surface area (Å²) < 4.78 is 10.9. The first-order valence-corrected chi connectivity index (χ1v) is 6.18. The number of ether oxygens (including phenoxy) is 2. The summed E-state index contributed by atoms with van der Waals surface area (Å²) in [7, 11) is 1.53. The minimum atomic E-state index is -1.03. The van der Waals surface area contributed by atoms with Gasteiger partial charge in [-0.3, -0.25) is 0 Å². The zero-order valence-electron chi connectivity index (χ0n) is 11.6. The van der Waals surface area contributed by atoms with Gasteiger partial charge in [-0.25, -0.2) is 4.79 Å². The maximum absolute atomic E-state index is 11.2. The summed E-state index contributed by atoms with van der Waals surface area (Å²) >= 11 is 0. The normalized spacial score (nSPS) is 10.2. The van der Waals surface area contributed by atoms with Crippen LogP contribution in [0.15, 0.2) is 36.4 Å². The maximum Gasteiger partial charge on any atom is 0.339 e. The average molecular weight is 272 g/mol. The van der Waals surface area contributed by atoms with Gasteiger partial charge in [0, 0.05) is 6.07 Å². The number of benzene rings is 2. The zero-order chi connectivity index (χ0) is 14.7. The third-order valence-electron chi connectivity index (χ3n) is 3.19. The largest absolute Gasteiger partial charge is 0.497 e. The molecule has 1 N–H and O–H groups in total. The van der Waals surface area contributed by atoms with E-state index in [0.717, 1.165) is 11.1 Å². The Morgan fingerprint density at radius 3 is 2.50 bits per heavy atom. The number of hydrogen-bond acceptors (Lipinski definition) is 3. The highest BCUT2D eigenvalue weighted by molar-refractivity contribution is 5.91. The van der Waals surface area contributed by atoms with E-state index in [0.29, 0.717) is 11.5 Å². The lowest BCUT2D eigenvalue weighted by Gasteiger charge is -2.13. The summed E-state index contributed by atoms with van der Waals surface area (Å²) in [6, 6.07) is 10.3. The molecule has 2 aromatic carbocycles. The highest BCUT2D eigenvalue weighted by Crippen LogP contribution is 2.32. The highest BCUT2D eigenvalue weighted by atomic mass is 16.5. The van der Waals surface area contributed by atoms with Gasteiger partial charge in [-0.05, 0) is 43.2 Å². The van der Waals surface area contributed by atoms with Gasteiger partial charge in [0.1, 0.15) is 22.8 Å². The first kappa shape index (κ1) is 13.9. The van der Waals surface area contributed by atoms with Crippen molar-refractivity contribution < 1.29 is 19.4 Å². The van der Waals surface area contributed by atoms with Crippen LogP contribution in [0.4, 0.5) is 0 Å². The molecule has 2 rings (SSSR count). The smallest absolute Gasteiger partial charge is 0.339 e. The van der Waals surface area contributed by atoms with Crippen molar-refractivity contribution in [3.63, 3.8) is 0 Å². The first-order chi connectivity index (χ1) is 9.52. The zero-order valence-corrected chi connectivity index (χ0v) is 11.6. The number of aryl methyl sites for hydroxylation is 1. The monoisotopic (exact) mass is 272 g/mol. The van der Waals surface area contributed by atoms with E-state index in [-0.39, 0.29) is 11.3 Å². The molecule has 0 heterocycles. The summed E-state index contributed by atoms with van der Waals surface area (Å²) in [6.07, 6.45) is 0. The minimum absolute atomic E-state index is 0.103. The topological polar surface area (TPSA) is 55.8 Å². The van der Waals surface area contributed by atoms with Crippen molar-refractivity contribution >= 4 is 5.97 Å².